The van der Waals surface area contributed by atoms with E-state index in [1.807, 2.05) is 13.0 Å². The first kappa shape index (κ1) is 10.8. The molecule has 1 rings (SSSR count). The van der Waals surface area contributed by atoms with Gasteiger partial charge in [-0.25, -0.2) is 4.84 Å². The number of nitrogens with one attached hydrogen (secondary N) is 1. The van der Waals surface area contributed by atoms with Gasteiger partial charge in [0.25, 0.3) is 0 Å². The Hall–Kier alpha value is -0.240. The number of aryl methyl sites for hydroxylation is 2. The van der Waals surface area contributed by atoms with Crippen LogP contribution in [0.3, 0.4) is 0 Å². The van der Waals surface area contributed by atoms with Crippen molar-refractivity contribution in [3.8, 4) is 0 Å². The molecular formula is C10H13Cl2N. The Morgan fingerprint density at radius 1 is 1.38 bits per heavy atom. The van der Waals surface area contributed by atoms with Gasteiger partial charge in [0.15, 0.2) is 0 Å². The van der Waals surface area contributed by atoms with Crippen LogP contribution in [0.1, 0.15) is 17.5 Å². The quantitative estimate of drug-likeness (QED) is 0.603. The van der Waals surface area contributed by atoms with Crippen molar-refractivity contribution in [1.29, 1.82) is 0 Å². The lowest BCUT2D eigenvalue weighted by molar-refractivity contribution is 0.792. The summed E-state index contributed by atoms with van der Waals surface area (Å²) >= 11 is 11.4. The topological polar surface area (TPSA) is 12.0 Å². The van der Waals surface area contributed by atoms with Gasteiger partial charge in [0.05, 0.1) is 0 Å². The third-order valence-electron chi connectivity index (χ3n) is 1.93. The first-order valence-electron chi connectivity index (χ1n) is 4.32. The van der Waals surface area contributed by atoms with Crippen LogP contribution < -0.4 is 4.84 Å². The maximum Gasteiger partial charge on any atom is 0.0440 e. The largest absolute Gasteiger partial charge is 0.234 e. The standard InChI is InChI=1S/C10H13Cl2N/c1-8-4-5-9(10(11)7-8)3-2-6-13-12/h4-5,7,13H,2-3,6H2,1H3. The lowest BCUT2D eigenvalue weighted by Crippen LogP contribution is -2.02. The summed E-state index contributed by atoms with van der Waals surface area (Å²) in [7, 11) is 0. The maximum atomic E-state index is 6.06. The van der Waals surface area contributed by atoms with Crippen molar-refractivity contribution in [3.05, 3.63) is 34.3 Å². The fourth-order valence-corrected chi connectivity index (χ4v) is 1.66. The summed E-state index contributed by atoms with van der Waals surface area (Å²) in [5.74, 6) is 0. The molecule has 0 radical (unpaired) electrons. The van der Waals surface area contributed by atoms with Gasteiger partial charge in [0.1, 0.15) is 0 Å². The van der Waals surface area contributed by atoms with Crippen LogP contribution in [0, 0.1) is 6.92 Å². The van der Waals surface area contributed by atoms with E-state index in [0.29, 0.717) is 0 Å². The Morgan fingerprint density at radius 3 is 2.77 bits per heavy atom. The highest BCUT2D eigenvalue weighted by Gasteiger charge is 1.99. The van der Waals surface area contributed by atoms with Crippen LogP contribution in [0.2, 0.25) is 5.02 Å². The molecule has 0 atom stereocenters. The number of hydrogen-bond acceptors (Lipinski definition) is 1. The summed E-state index contributed by atoms with van der Waals surface area (Å²) in [5, 5.41) is 0.856. The molecule has 0 saturated heterocycles. The molecule has 0 amide bonds. The summed E-state index contributed by atoms with van der Waals surface area (Å²) in [6, 6.07) is 6.15. The third-order valence-corrected chi connectivity index (χ3v) is 2.47. The average Bonchev–Trinajstić information content (AvgIpc) is 2.09. The van der Waals surface area contributed by atoms with E-state index in [-0.39, 0.29) is 0 Å². The lowest BCUT2D eigenvalue weighted by atomic mass is 10.1. The molecule has 1 aromatic carbocycles. The van der Waals surface area contributed by atoms with Crippen LogP contribution >= 0.6 is 23.4 Å². The highest BCUT2D eigenvalue weighted by molar-refractivity contribution is 6.31. The molecule has 0 bridgehead atoms. The Labute approximate surface area is 89.2 Å². The Morgan fingerprint density at radius 2 is 2.15 bits per heavy atom. The van der Waals surface area contributed by atoms with Crippen molar-refractivity contribution in [3.63, 3.8) is 0 Å². The molecule has 0 fully saturated rings. The normalized spacial score (nSPS) is 10.4. The molecule has 1 aromatic rings. The maximum absolute atomic E-state index is 6.06. The van der Waals surface area contributed by atoms with Gasteiger partial charge < -0.3 is 0 Å². The van der Waals surface area contributed by atoms with E-state index in [1.54, 1.807) is 0 Å². The van der Waals surface area contributed by atoms with Gasteiger partial charge in [0, 0.05) is 11.6 Å². The van der Waals surface area contributed by atoms with E-state index in [1.165, 1.54) is 11.1 Å². The lowest BCUT2D eigenvalue weighted by Gasteiger charge is -2.04. The molecule has 0 saturated carbocycles. The SMILES string of the molecule is Cc1ccc(CCCNCl)c(Cl)c1. The van der Waals surface area contributed by atoms with Gasteiger partial charge in [-0.3, -0.25) is 0 Å². The summed E-state index contributed by atoms with van der Waals surface area (Å²) in [4.78, 5) is 2.60. The number of hydrogen-bond donors (Lipinski definition) is 1. The zero-order valence-corrected chi connectivity index (χ0v) is 9.12. The molecule has 0 spiro atoms. The molecule has 3 heteroatoms. The van der Waals surface area contributed by atoms with Crippen LogP contribution in [-0.2, 0) is 6.42 Å². The minimum atomic E-state index is 0.811. The zero-order chi connectivity index (χ0) is 9.68. The predicted octanol–water partition coefficient (Wildman–Crippen LogP) is 3.32. The monoisotopic (exact) mass is 217 g/mol. The van der Waals surface area contributed by atoms with Gasteiger partial charge in [-0.15, -0.1) is 0 Å². The number of halogens is 2. The number of rotatable bonds is 4. The van der Waals surface area contributed by atoms with Crippen molar-refractivity contribution >= 4 is 23.4 Å². The molecule has 0 aliphatic rings. The second-order valence-electron chi connectivity index (χ2n) is 3.08. The summed E-state index contributed by atoms with van der Waals surface area (Å²) < 4.78 is 0. The Kier molecular flexibility index (Phi) is 4.57. The van der Waals surface area contributed by atoms with Crippen LogP contribution in [-0.4, -0.2) is 6.54 Å². The van der Waals surface area contributed by atoms with E-state index in [2.05, 4.69) is 17.0 Å². The second-order valence-corrected chi connectivity index (χ2v) is 3.76. The molecule has 0 unspecified atom stereocenters. The Balaban J connectivity index is 2.56. The van der Waals surface area contributed by atoms with Crippen molar-refractivity contribution in [2.24, 2.45) is 0 Å². The van der Waals surface area contributed by atoms with Crippen LogP contribution in [0.15, 0.2) is 18.2 Å². The van der Waals surface area contributed by atoms with Crippen molar-refractivity contribution in [2.45, 2.75) is 19.8 Å². The van der Waals surface area contributed by atoms with Crippen molar-refractivity contribution < 1.29 is 0 Å². The van der Waals surface area contributed by atoms with Gasteiger partial charge in [-0.2, -0.15) is 0 Å². The highest BCUT2D eigenvalue weighted by Crippen LogP contribution is 2.18. The molecular weight excluding hydrogens is 205 g/mol. The van der Waals surface area contributed by atoms with Crippen LogP contribution in [0.4, 0.5) is 0 Å². The van der Waals surface area contributed by atoms with Gasteiger partial charge in [-0.1, -0.05) is 23.7 Å². The van der Waals surface area contributed by atoms with Crippen molar-refractivity contribution in [2.75, 3.05) is 6.54 Å². The Bertz CT molecular complexity index is 274. The first-order valence-corrected chi connectivity index (χ1v) is 5.08. The van der Waals surface area contributed by atoms with E-state index in [9.17, 15) is 0 Å². The predicted molar refractivity (Wildman–Crippen MR) is 58.4 cm³/mol. The minimum Gasteiger partial charge on any atom is -0.234 e. The fraction of sp³-hybridized carbons (Fsp3) is 0.400. The zero-order valence-electron chi connectivity index (χ0n) is 7.61. The summed E-state index contributed by atoms with van der Waals surface area (Å²) in [6.07, 6.45) is 1.98. The molecule has 1 nitrogen and oxygen atoms in total. The fourth-order valence-electron chi connectivity index (χ4n) is 1.20. The molecule has 1 N–H and O–H groups in total. The van der Waals surface area contributed by atoms with E-state index in [4.69, 9.17) is 23.4 Å². The third kappa shape index (κ3) is 3.55. The summed E-state index contributed by atoms with van der Waals surface area (Å²) in [6.45, 7) is 2.85. The van der Waals surface area contributed by atoms with Crippen LogP contribution in [0.5, 0.6) is 0 Å². The van der Waals surface area contributed by atoms with E-state index in [0.717, 1.165) is 24.4 Å². The van der Waals surface area contributed by atoms with Crippen molar-refractivity contribution in [1.82, 2.24) is 4.84 Å². The first-order chi connectivity index (χ1) is 6.24. The highest BCUT2D eigenvalue weighted by atomic mass is 35.5. The van der Waals surface area contributed by atoms with Crippen LogP contribution in [0.25, 0.3) is 0 Å². The van der Waals surface area contributed by atoms with E-state index >= 15 is 0 Å². The van der Waals surface area contributed by atoms with Gasteiger partial charge in [-0.05, 0) is 48.7 Å². The molecule has 13 heavy (non-hydrogen) atoms. The number of benzene rings is 1. The molecule has 0 aliphatic carbocycles. The smallest absolute Gasteiger partial charge is 0.0440 e. The average molecular weight is 218 g/mol. The van der Waals surface area contributed by atoms with E-state index < -0.39 is 0 Å². The second kappa shape index (κ2) is 5.48. The van der Waals surface area contributed by atoms with Gasteiger partial charge >= 0.3 is 0 Å². The molecule has 0 heterocycles. The molecule has 0 aliphatic heterocycles. The van der Waals surface area contributed by atoms with Gasteiger partial charge in [0.2, 0.25) is 0 Å². The molecule has 72 valence electrons. The summed E-state index contributed by atoms with van der Waals surface area (Å²) in [5.41, 5.74) is 2.39. The molecule has 0 aromatic heterocycles. The minimum absolute atomic E-state index is 0.811.